The first-order valence-corrected chi connectivity index (χ1v) is 15.2. The van der Waals surface area contributed by atoms with Crippen LogP contribution in [-0.2, 0) is 19.0 Å². The van der Waals surface area contributed by atoms with Crippen molar-refractivity contribution in [3.05, 3.63) is 59.7 Å². The molecule has 2 aromatic carbocycles. The number of hydrogen-bond acceptors (Lipinski definition) is 6. The summed E-state index contributed by atoms with van der Waals surface area (Å²) in [5, 5.41) is 10.7. The first kappa shape index (κ1) is 30.9. The second-order valence-corrected chi connectivity index (χ2v) is 13.5. The number of aliphatic carboxylic acids is 1. The van der Waals surface area contributed by atoms with Gasteiger partial charge in [-0.05, 0) is 81.5 Å². The Morgan fingerprint density at radius 3 is 2.00 bits per heavy atom. The Bertz CT molecular complexity index is 1310. The highest BCUT2D eigenvalue weighted by Gasteiger charge is 2.55. The summed E-state index contributed by atoms with van der Waals surface area (Å²) >= 11 is 0. The normalized spacial score (nSPS) is 19.1. The van der Waals surface area contributed by atoms with Crippen molar-refractivity contribution in [1.82, 2.24) is 9.80 Å². The van der Waals surface area contributed by atoms with Gasteiger partial charge in [0.1, 0.15) is 17.7 Å². The van der Waals surface area contributed by atoms with E-state index in [0.717, 1.165) is 35.1 Å². The number of likely N-dealkylation sites (tertiary alicyclic amines) is 1. The van der Waals surface area contributed by atoms with Crippen molar-refractivity contribution < 1.29 is 33.7 Å². The van der Waals surface area contributed by atoms with Gasteiger partial charge >= 0.3 is 18.2 Å². The van der Waals surface area contributed by atoms with E-state index >= 15 is 0 Å². The highest BCUT2D eigenvalue weighted by molar-refractivity contribution is 5.85. The first-order chi connectivity index (χ1) is 20.4. The average molecular weight is 593 g/mol. The summed E-state index contributed by atoms with van der Waals surface area (Å²) in [6.07, 6.45) is 1.50. The second kappa shape index (κ2) is 11.8. The van der Waals surface area contributed by atoms with Crippen molar-refractivity contribution in [3.63, 3.8) is 0 Å². The molecule has 9 nitrogen and oxygen atoms in total. The number of rotatable bonds is 9. The van der Waals surface area contributed by atoms with E-state index < -0.39 is 29.3 Å². The molecular weight excluding hydrogens is 548 g/mol. The van der Waals surface area contributed by atoms with Gasteiger partial charge in [-0.25, -0.2) is 14.4 Å². The van der Waals surface area contributed by atoms with Gasteiger partial charge in [-0.2, -0.15) is 0 Å². The van der Waals surface area contributed by atoms with Crippen LogP contribution in [0.4, 0.5) is 9.59 Å². The zero-order valence-electron chi connectivity index (χ0n) is 25.9. The molecule has 0 bridgehead atoms. The molecule has 2 fully saturated rings. The van der Waals surface area contributed by atoms with Crippen LogP contribution < -0.4 is 0 Å². The maximum atomic E-state index is 14.1. The third kappa shape index (κ3) is 6.23. The monoisotopic (exact) mass is 592 g/mol. The Balaban J connectivity index is 1.37. The average Bonchev–Trinajstić information content (AvgIpc) is 3.66. The Morgan fingerprint density at radius 2 is 1.51 bits per heavy atom. The van der Waals surface area contributed by atoms with Crippen molar-refractivity contribution in [3.8, 4) is 11.1 Å². The van der Waals surface area contributed by atoms with Crippen molar-refractivity contribution in [1.29, 1.82) is 0 Å². The largest absolute Gasteiger partial charge is 0.479 e. The number of carbonyl (C=O) groups is 3. The number of ether oxygens (including phenoxy) is 3. The van der Waals surface area contributed by atoms with E-state index in [-0.39, 0.29) is 30.4 Å². The van der Waals surface area contributed by atoms with Gasteiger partial charge in [0, 0.05) is 38.1 Å². The molecular formula is C34H44N2O7. The lowest BCUT2D eigenvalue weighted by Crippen LogP contribution is -2.63. The topological polar surface area (TPSA) is 106 Å². The number of piperidine rings is 1. The van der Waals surface area contributed by atoms with Crippen LogP contribution in [0.2, 0.25) is 0 Å². The molecule has 1 saturated carbocycles. The minimum atomic E-state index is -1.54. The summed E-state index contributed by atoms with van der Waals surface area (Å²) in [5.74, 6) is -1.60. The fraction of sp³-hybridized carbons (Fsp3) is 0.559. The van der Waals surface area contributed by atoms with E-state index in [0.29, 0.717) is 32.5 Å². The molecule has 3 aliphatic rings. The SMILES string of the molecule is COCC1(CN(C(=O)OCC2c3ccccc3-c3ccccc32)C(C)(C(=O)O)C2CCN(C(=O)OC(C)(C)C)CC2)CC1. The van der Waals surface area contributed by atoms with Crippen LogP contribution in [0, 0.1) is 11.3 Å². The van der Waals surface area contributed by atoms with Crippen molar-refractivity contribution >= 4 is 18.2 Å². The van der Waals surface area contributed by atoms with E-state index in [9.17, 15) is 19.5 Å². The van der Waals surface area contributed by atoms with Crippen LogP contribution in [0.5, 0.6) is 0 Å². The lowest BCUT2D eigenvalue weighted by Gasteiger charge is -2.46. The van der Waals surface area contributed by atoms with Crippen LogP contribution >= 0.6 is 0 Å². The molecule has 0 radical (unpaired) electrons. The molecule has 2 aliphatic carbocycles. The Morgan fingerprint density at radius 1 is 0.953 bits per heavy atom. The van der Waals surface area contributed by atoms with E-state index in [1.54, 1.807) is 18.9 Å². The summed E-state index contributed by atoms with van der Waals surface area (Å²) < 4.78 is 17.1. The van der Waals surface area contributed by atoms with Crippen molar-refractivity contribution in [2.24, 2.45) is 11.3 Å². The minimum Gasteiger partial charge on any atom is -0.479 e. The van der Waals surface area contributed by atoms with Gasteiger partial charge in [-0.1, -0.05) is 48.5 Å². The number of carbonyl (C=O) groups excluding carboxylic acids is 2. The first-order valence-electron chi connectivity index (χ1n) is 15.2. The number of carboxylic acid groups (broad SMARTS) is 1. The molecule has 0 aromatic heterocycles. The highest BCUT2D eigenvalue weighted by Crippen LogP contribution is 2.49. The number of carboxylic acids is 1. The number of methoxy groups -OCH3 is 1. The van der Waals surface area contributed by atoms with Gasteiger partial charge in [0.2, 0.25) is 0 Å². The Labute approximate surface area is 254 Å². The third-order valence-electron chi connectivity index (χ3n) is 9.39. The minimum absolute atomic E-state index is 0.105. The summed E-state index contributed by atoms with van der Waals surface area (Å²) in [6.45, 7) is 8.56. The quantitative estimate of drug-likeness (QED) is 0.372. The summed E-state index contributed by atoms with van der Waals surface area (Å²) in [7, 11) is 1.63. The van der Waals surface area contributed by atoms with Crippen LogP contribution in [0.25, 0.3) is 11.1 Å². The van der Waals surface area contributed by atoms with Crippen molar-refractivity contribution in [2.75, 3.05) is 40.0 Å². The summed E-state index contributed by atoms with van der Waals surface area (Å²) in [5.41, 5.74) is 1.98. The molecule has 1 N–H and O–H groups in total. The van der Waals surface area contributed by atoms with Gasteiger partial charge < -0.3 is 24.2 Å². The van der Waals surface area contributed by atoms with Gasteiger partial charge in [-0.3, -0.25) is 4.90 Å². The fourth-order valence-corrected chi connectivity index (χ4v) is 6.72. The molecule has 43 heavy (non-hydrogen) atoms. The third-order valence-corrected chi connectivity index (χ3v) is 9.39. The molecule has 1 atom stereocenters. The molecule has 232 valence electrons. The van der Waals surface area contributed by atoms with Gasteiger partial charge in [0.25, 0.3) is 0 Å². The lowest BCUT2D eigenvalue weighted by molar-refractivity contribution is -0.155. The van der Waals surface area contributed by atoms with E-state index in [1.807, 2.05) is 45.0 Å². The Kier molecular flexibility index (Phi) is 8.49. The number of benzene rings is 2. The Hall–Kier alpha value is -3.59. The zero-order valence-corrected chi connectivity index (χ0v) is 25.9. The highest BCUT2D eigenvalue weighted by atomic mass is 16.6. The number of amides is 2. The van der Waals surface area contributed by atoms with Crippen LogP contribution in [0.3, 0.4) is 0 Å². The maximum Gasteiger partial charge on any atom is 0.410 e. The van der Waals surface area contributed by atoms with Gasteiger partial charge in [0.05, 0.1) is 6.61 Å². The number of hydrogen-bond donors (Lipinski definition) is 1. The van der Waals surface area contributed by atoms with E-state index in [1.165, 1.54) is 4.90 Å². The predicted octanol–water partition coefficient (Wildman–Crippen LogP) is 6.15. The van der Waals surface area contributed by atoms with Gasteiger partial charge in [0.15, 0.2) is 0 Å². The van der Waals surface area contributed by atoms with E-state index in [2.05, 4.69) is 24.3 Å². The fourth-order valence-electron chi connectivity index (χ4n) is 6.72. The zero-order chi connectivity index (χ0) is 31.0. The van der Waals surface area contributed by atoms with Crippen molar-refractivity contribution in [2.45, 2.75) is 70.4 Å². The smallest absolute Gasteiger partial charge is 0.410 e. The molecule has 2 aromatic rings. The van der Waals surface area contributed by atoms with Gasteiger partial charge in [-0.15, -0.1) is 0 Å². The molecule has 1 aliphatic heterocycles. The molecule has 1 heterocycles. The van der Waals surface area contributed by atoms with Crippen LogP contribution in [0.15, 0.2) is 48.5 Å². The summed E-state index contributed by atoms with van der Waals surface area (Å²) in [6, 6.07) is 16.2. The van der Waals surface area contributed by atoms with Crippen LogP contribution in [0.1, 0.15) is 70.4 Å². The standard InChI is InChI=1S/C34H44N2O7/c1-32(2,3)43-30(39)35-18-14-23(15-19-35)33(4,29(37)38)36(21-34(16-17-34)22-41-5)31(40)42-20-28-26-12-8-6-10-24(26)25-11-7-9-13-27(25)28/h6-13,23,28H,14-22H2,1-5H3,(H,37,38). The molecule has 9 heteroatoms. The molecule has 1 saturated heterocycles. The lowest BCUT2D eigenvalue weighted by atomic mass is 9.77. The molecule has 1 unspecified atom stereocenters. The molecule has 5 rings (SSSR count). The number of fused-ring (bicyclic) bond motifs is 3. The molecule has 2 amide bonds. The maximum absolute atomic E-state index is 14.1. The summed E-state index contributed by atoms with van der Waals surface area (Å²) in [4.78, 5) is 43.0. The second-order valence-electron chi connectivity index (χ2n) is 13.5. The predicted molar refractivity (Wildman–Crippen MR) is 162 cm³/mol. The van der Waals surface area contributed by atoms with E-state index in [4.69, 9.17) is 14.2 Å². The molecule has 0 spiro atoms. The number of nitrogens with zero attached hydrogens (tertiary/aromatic N) is 2. The van der Waals surface area contributed by atoms with Crippen LogP contribution in [-0.4, -0.2) is 84.2 Å².